The van der Waals surface area contributed by atoms with Gasteiger partial charge >= 0.3 is 0 Å². The van der Waals surface area contributed by atoms with Gasteiger partial charge in [0, 0.05) is 34.3 Å². The molecule has 1 aliphatic rings. The molecule has 1 heterocycles. The van der Waals surface area contributed by atoms with Crippen molar-refractivity contribution in [2.75, 3.05) is 11.4 Å². The molecular formula is C19H14ClNO. The molecule has 0 saturated heterocycles. The second-order valence-electron chi connectivity index (χ2n) is 5.49. The molecule has 0 unspecified atom stereocenters. The number of hydrogen-bond donors (Lipinski definition) is 0. The molecule has 0 bridgehead atoms. The van der Waals surface area contributed by atoms with Crippen molar-refractivity contribution in [3.8, 4) is 0 Å². The molecule has 4 rings (SSSR count). The van der Waals surface area contributed by atoms with E-state index in [0.717, 1.165) is 35.7 Å². The van der Waals surface area contributed by atoms with E-state index in [1.165, 1.54) is 11.3 Å². The van der Waals surface area contributed by atoms with E-state index >= 15 is 0 Å². The van der Waals surface area contributed by atoms with Gasteiger partial charge in [0.1, 0.15) is 0 Å². The summed E-state index contributed by atoms with van der Waals surface area (Å²) in [7, 11) is 0. The predicted octanol–water partition coefficient (Wildman–Crippen LogP) is 5.00. The molecule has 0 saturated carbocycles. The van der Waals surface area contributed by atoms with Crippen LogP contribution in [0, 0.1) is 0 Å². The largest absolute Gasteiger partial charge is 0.340 e. The summed E-state index contributed by atoms with van der Waals surface area (Å²) in [6.45, 7) is 0.920. The number of carbonyl (C=O) groups is 1. The number of benzene rings is 3. The molecule has 0 fully saturated rings. The summed E-state index contributed by atoms with van der Waals surface area (Å²) in [5, 5.41) is 2.53. The first-order valence-electron chi connectivity index (χ1n) is 7.31. The minimum absolute atomic E-state index is 0.529. The van der Waals surface area contributed by atoms with Crippen molar-refractivity contribution in [1.29, 1.82) is 0 Å². The lowest BCUT2D eigenvalue weighted by molar-refractivity contribution is 0.112. The summed E-state index contributed by atoms with van der Waals surface area (Å²) in [6, 6.07) is 18.3. The molecule has 0 aromatic heterocycles. The maximum absolute atomic E-state index is 11.4. The Labute approximate surface area is 133 Å². The maximum atomic E-state index is 11.4. The second kappa shape index (κ2) is 5.15. The number of carbonyl (C=O) groups excluding carboxylic acids is 1. The second-order valence-corrected chi connectivity index (χ2v) is 5.87. The lowest BCUT2D eigenvalue weighted by atomic mass is 10.0. The minimum Gasteiger partial charge on any atom is -0.340 e. The van der Waals surface area contributed by atoms with Crippen molar-refractivity contribution in [3.63, 3.8) is 0 Å². The van der Waals surface area contributed by atoms with E-state index in [1.54, 1.807) is 0 Å². The molecule has 0 radical (unpaired) electrons. The number of hydrogen-bond acceptors (Lipinski definition) is 2. The lowest BCUT2D eigenvalue weighted by Gasteiger charge is -2.22. The molecule has 108 valence electrons. The van der Waals surface area contributed by atoms with Crippen LogP contribution in [-0.2, 0) is 6.42 Å². The van der Waals surface area contributed by atoms with E-state index in [4.69, 9.17) is 11.6 Å². The Morgan fingerprint density at radius 3 is 2.50 bits per heavy atom. The molecule has 0 aliphatic carbocycles. The van der Waals surface area contributed by atoms with Crippen LogP contribution in [0.5, 0.6) is 0 Å². The standard InChI is InChI=1S/C19H14ClNO/c20-19-14(12-22)11-18(15-6-2-3-7-16(15)19)21-10-9-13-5-1-4-8-17(13)21/h1-8,11-12H,9-10H2. The summed E-state index contributed by atoms with van der Waals surface area (Å²) in [5.41, 5.74) is 4.15. The summed E-state index contributed by atoms with van der Waals surface area (Å²) < 4.78 is 0. The zero-order chi connectivity index (χ0) is 15.1. The highest BCUT2D eigenvalue weighted by Crippen LogP contribution is 2.41. The molecule has 3 heteroatoms. The number of nitrogens with zero attached hydrogens (tertiary/aromatic N) is 1. The van der Waals surface area contributed by atoms with Crippen LogP contribution in [0.4, 0.5) is 11.4 Å². The van der Waals surface area contributed by atoms with Gasteiger partial charge in [-0.2, -0.15) is 0 Å². The van der Waals surface area contributed by atoms with Crippen molar-refractivity contribution in [2.45, 2.75) is 6.42 Å². The van der Waals surface area contributed by atoms with Crippen LogP contribution in [0.2, 0.25) is 5.02 Å². The smallest absolute Gasteiger partial charge is 0.151 e. The third-order valence-electron chi connectivity index (χ3n) is 4.29. The average Bonchev–Trinajstić information content (AvgIpc) is 2.99. The third kappa shape index (κ3) is 1.92. The van der Waals surface area contributed by atoms with E-state index in [2.05, 4.69) is 35.2 Å². The van der Waals surface area contributed by atoms with Crippen molar-refractivity contribution in [2.24, 2.45) is 0 Å². The Bertz CT molecular complexity index is 888. The Balaban J connectivity index is 2.00. The van der Waals surface area contributed by atoms with Gasteiger partial charge in [0.2, 0.25) is 0 Å². The first-order valence-corrected chi connectivity index (χ1v) is 7.69. The first kappa shape index (κ1) is 13.4. The molecule has 0 spiro atoms. The molecule has 3 aromatic rings. The summed E-state index contributed by atoms with van der Waals surface area (Å²) in [5.74, 6) is 0. The molecule has 0 amide bonds. The van der Waals surface area contributed by atoms with Crippen molar-refractivity contribution in [3.05, 3.63) is 70.7 Å². The third-order valence-corrected chi connectivity index (χ3v) is 4.71. The summed E-state index contributed by atoms with van der Waals surface area (Å²) in [4.78, 5) is 13.7. The fraction of sp³-hybridized carbons (Fsp3) is 0.105. The van der Waals surface area contributed by atoms with Crippen LogP contribution in [0.3, 0.4) is 0 Å². The topological polar surface area (TPSA) is 20.3 Å². The molecule has 0 atom stereocenters. The van der Waals surface area contributed by atoms with Gasteiger partial charge in [-0.15, -0.1) is 0 Å². The SMILES string of the molecule is O=Cc1cc(N2CCc3ccccc32)c2ccccc2c1Cl. The number of anilines is 2. The van der Waals surface area contributed by atoms with Crippen molar-refractivity contribution < 1.29 is 4.79 Å². The number of aldehydes is 1. The van der Waals surface area contributed by atoms with Crippen LogP contribution in [0.15, 0.2) is 54.6 Å². The van der Waals surface area contributed by atoms with Gasteiger partial charge in [-0.25, -0.2) is 0 Å². The Hall–Kier alpha value is -2.32. The van der Waals surface area contributed by atoms with Crippen LogP contribution in [0.25, 0.3) is 10.8 Å². The molecule has 2 nitrogen and oxygen atoms in total. The highest BCUT2D eigenvalue weighted by Gasteiger charge is 2.22. The molecule has 0 N–H and O–H groups in total. The van der Waals surface area contributed by atoms with E-state index in [9.17, 15) is 4.79 Å². The first-order chi connectivity index (χ1) is 10.8. The molecular weight excluding hydrogens is 294 g/mol. The highest BCUT2D eigenvalue weighted by molar-refractivity contribution is 6.38. The molecule has 1 aliphatic heterocycles. The van der Waals surface area contributed by atoms with Crippen LogP contribution >= 0.6 is 11.6 Å². The fourth-order valence-corrected chi connectivity index (χ4v) is 3.50. The molecule has 22 heavy (non-hydrogen) atoms. The fourth-order valence-electron chi connectivity index (χ4n) is 3.24. The van der Waals surface area contributed by atoms with Gasteiger partial charge in [0.05, 0.1) is 5.02 Å². The van der Waals surface area contributed by atoms with E-state index < -0.39 is 0 Å². The monoisotopic (exact) mass is 307 g/mol. The summed E-state index contributed by atoms with van der Waals surface area (Å²) >= 11 is 6.37. The summed E-state index contributed by atoms with van der Waals surface area (Å²) in [6.07, 6.45) is 1.85. The normalized spacial score (nSPS) is 13.4. The van der Waals surface area contributed by atoms with Gasteiger partial charge in [-0.05, 0) is 24.1 Å². The van der Waals surface area contributed by atoms with E-state index in [0.29, 0.717) is 10.6 Å². The Morgan fingerprint density at radius 1 is 0.955 bits per heavy atom. The van der Waals surface area contributed by atoms with Crippen molar-refractivity contribution >= 4 is 40.0 Å². The zero-order valence-electron chi connectivity index (χ0n) is 11.9. The van der Waals surface area contributed by atoms with Crippen LogP contribution in [-0.4, -0.2) is 12.8 Å². The van der Waals surface area contributed by atoms with Crippen LogP contribution in [0.1, 0.15) is 15.9 Å². The van der Waals surface area contributed by atoms with E-state index in [1.807, 2.05) is 24.3 Å². The predicted molar refractivity (Wildman–Crippen MR) is 91.5 cm³/mol. The quantitative estimate of drug-likeness (QED) is 0.621. The average molecular weight is 308 g/mol. The Morgan fingerprint density at radius 2 is 1.68 bits per heavy atom. The van der Waals surface area contributed by atoms with Crippen molar-refractivity contribution in [1.82, 2.24) is 0 Å². The van der Waals surface area contributed by atoms with Gasteiger partial charge in [0.25, 0.3) is 0 Å². The highest BCUT2D eigenvalue weighted by atomic mass is 35.5. The lowest BCUT2D eigenvalue weighted by Crippen LogP contribution is -2.14. The molecule has 3 aromatic carbocycles. The number of fused-ring (bicyclic) bond motifs is 2. The van der Waals surface area contributed by atoms with Gasteiger partial charge < -0.3 is 4.90 Å². The minimum atomic E-state index is 0.529. The van der Waals surface area contributed by atoms with Gasteiger partial charge in [0.15, 0.2) is 6.29 Å². The maximum Gasteiger partial charge on any atom is 0.151 e. The zero-order valence-corrected chi connectivity index (χ0v) is 12.7. The Kier molecular flexibility index (Phi) is 3.12. The van der Waals surface area contributed by atoms with E-state index in [-0.39, 0.29) is 0 Å². The number of rotatable bonds is 2. The number of para-hydroxylation sites is 1. The van der Waals surface area contributed by atoms with Gasteiger partial charge in [-0.1, -0.05) is 54.1 Å². The van der Waals surface area contributed by atoms with Gasteiger partial charge in [-0.3, -0.25) is 4.79 Å². The number of halogens is 1. The van der Waals surface area contributed by atoms with Crippen LogP contribution < -0.4 is 4.90 Å².